The summed E-state index contributed by atoms with van der Waals surface area (Å²) in [6.45, 7) is 5.30. The topological polar surface area (TPSA) is 20.2 Å². The lowest BCUT2D eigenvalue weighted by atomic mass is 9.99. The van der Waals surface area contributed by atoms with Gasteiger partial charge in [-0.3, -0.25) is 0 Å². The van der Waals surface area contributed by atoms with Crippen LogP contribution in [0.15, 0.2) is 24.3 Å². The Labute approximate surface area is 80.6 Å². The molecule has 1 aromatic rings. The first kappa shape index (κ1) is 9.00. The van der Waals surface area contributed by atoms with E-state index in [2.05, 4.69) is 29.5 Å². The average Bonchev–Trinajstić information content (AvgIpc) is 1.86. The predicted molar refractivity (Wildman–Crippen MR) is 54.1 cm³/mol. The molecule has 0 bridgehead atoms. The molecular weight excluding hydrogens is 251 g/mol. The Morgan fingerprint density at radius 1 is 1.36 bits per heavy atom. The van der Waals surface area contributed by atoms with Gasteiger partial charge in [0, 0.05) is 3.57 Å². The van der Waals surface area contributed by atoms with Crippen molar-refractivity contribution in [2.45, 2.75) is 12.5 Å². The molecule has 59 valence electrons. The molecule has 1 radical (unpaired) electrons. The van der Waals surface area contributed by atoms with E-state index in [0.717, 1.165) is 9.13 Å². The minimum absolute atomic E-state index is 0.845. The molecule has 0 aromatic heterocycles. The first-order valence-electron chi connectivity index (χ1n) is 3.34. The molecule has 1 nitrogen and oxygen atoms in total. The second-order valence-corrected chi connectivity index (χ2v) is 4.03. The zero-order valence-electron chi connectivity index (χ0n) is 6.34. The van der Waals surface area contributed by atoms with Gasteiger partial charge in [0.1, 0.15) is 0 Å². The molecule has 0 amide bonds. The van der Waals surface area contributed by atoms with Gasteiger partial charge < -0.3 is 5.11 Å². The van der Waals surface area contributed by atoms with E-state index in [1.54, 1.807) is 6.92 Å². The van der Waals surface area contributed by atoms with Crippen LogP contribution in [0.2, 0.25) is 0 Å². The molecule has 0 aliphatic heterocycles. The van der Waals surface area contributed by atoms with Crippen molar-refractivity contribution in [1.82, 2.24) is 0 Å². The fraction of sp³-hybridized carbons (Fsp3) is 0.222. The fourth-order valence-corrected chi connectivity index (χ4v) is 1.17. The zero-order valence-corrected chi connectivity index (χ0v) is 8.50. The molecule has 0 heterocycles. The standard InChI is InChI=1S/C9H10IO/c1-9(2,11)7-3-5-8(10)6-4-7/h3-6,11H,1H2,2H3. The summed E-state index contributed by atoms with van der Waals surface area (Å²) in [7, 11) is 0. The Bertz CT molecular complexity index is 233. The van der Waals surface area contributed by atoms with Crippen molar-refractivity contribution in [1.29, 1.82) is 0 Å². The first-order valence-corrected chi connectivity index (χ1v) is 4.42. The van der Waals surface area contributed by atoms with Crippen molar-refractivity contribution < 1.29 is 5.11 Å². The van der Waals surface area contributed by atoms with Crippen molar-refractivity contribution in [2.75, 3.05) is 0 Å². The predicted octanol–water partition coefficient (Wildman–Crippen LogP) is 2.33. The lowest BCUT2D eigenvalue weighted by Crippen LogP contribution is -2.15. The Morgan fingerprint density at radius 2 is 1.82 bits per heavy atom. The number of halogens is 1. The van der Waals surface area contributed by atoms with Gasteiger partial charge in [-0.05, 0) is 54.1 Å². The molecule has 0 aliphatic carbocycles. The van der Waals surface area contributed by atoms with Crippen LogP contribution in [0.4, 0.5) is 0 Å². The Morgan fingerprint density at radius 3 is 2.18 bits per heavy atom. The van der Waals surface area contributed by atoms with E-state index in [1.165, 1.54) is 0 Å². The quantitative estimate of drug-likeness (QED) is 0.769. The van der Waals surface area contributed by atoms with Crippen molar-refractivity contribution in [3.63, 3.8) is 0 Å². The highest BCUT2D eigenvalue weighted by Gasteiger charge is 2.14. The van der Waals surface area contributed by atoms with Gasteiger partial charge in [-0.25, -0.2) is 0 Å². The largest absolute Gasteiger partial charge is 0.385 e. The molecule has 0 fully saturated rings. The highest BCUT2D eigenvalue weighted by atomic mass is 127. The summed E-state index contributed by atoms with van der Waals surface area (Å²) in [5.41, 5.74) is -0.123. The van der Waals surface area contributed by atoms with E-state index in [4.69, 9.17) is 0 Å². The zero-order chi connectivity index (χ0) is 8.48. The Kier molecular flexibility index (Phi) is 2.54. The van der Waals surface area contributed by atoms with Crippen LogP contribution in [-0.4, -0.2) is 5.11 Å². The monoisotopic (exact) mass is 261 g/mol. The van der Waals surface area contributed by atoms with Crippen molar-refractivity contribution in [3.8, 4) is 0 Å². The van der Waals surface area contributed by atoms with Gasteiger partial charge in [-0.15, -0.1) is 0 Å². The van der Waals surface area contributed by atoms with Crippen LogP contribution in [0.25, 0.3) is 0 Å². The van der Waals surface area contributed by atoms with E-state index in [-0.39, 0.29) is 0 Å². The third-order valence-corrected chi connectivity index (χ3v) is 2.19. The third kappa shape index (κ3) is 2.45. The molecule has 11 heavy (non-hydrogen) atoms. The first-order chi connectivity index (χ1) is 5.00. The van der Waals surface area contributed by atoms with Crippen LogP contribution in [0, 0.1) is 10.5 Å². The van der Waals surface area contributed by atoms with Crippen LogP contribution >= 0.6 is 22.6 Å². The van der Waals surface area contributed by atoms with Crippen LogP contribution in [0.1, 0.15) is 12.5 Å². The summed E-state index contributed by atoms with van der Waals surface area (Å²) in [4.78, 5) is 0. The van der Waals surface area contributed by atoms with Gasteiger partial charge in [0.05, 0.1) is 5.60 Å². The lowest BCUT2D eigenvalue weighted by Gasteiger charge is -2.16. The number of benzene rings is 1. The molecule has 1 N–H and O–H groups in total. The number of hydrogen-bond donors (Lipinski definition) is 1. The van der Waals surface area contributed by atoms with Gasteiger partial charge in [0.2, 0.25) is 0 Å². The SMILES string of the molecule is [CH2]C(C)(O)c1ccc(I)cc1. The van der Waals surface area contributed by atoms with Crippen LogP contribution < -0.4 is 0 Å². The van der Waals surface area contributed by atoms with Crippen LogP contribution in [0.3, 0.4) is 0 Å². The lowest BCUT2D eigenvalue weighted by molar-refractivity contribution is 0.108. The van der Waals surface area contributed by atoms with Gasteiger partial charge in [0.25, 0.3) is 0 Å². The second kappa shape index (κ2) is 3.11. The van der Waals surface area contributed by atoms with Gasteiger partial charge in [0.15, 0.2) is 0 Å². The van der Waals surface area contributed by atoms with E-state index >= 15 is 0 Å². The Balaban J connectivity index is 2.99. The van der Waals surface area contributed by atoms with E-state index in [0.29, 0.717) is 0 Å². The highest BCUT2D eigenvalue weighted by Crippen LogP contribution is 2.19. The molecule has 1 aromatic carbocycles. The van der Waals surface area contributed by atoms with E-state index in [1.807, 2.05) is 24.3 Å². The van der Waals surface area contributed by atoms with E-state index in [9.17, 15) is 5.11 Å². The molecule has 0 saturated carbocycles. The smallest absolute Gasteiger partial charge is 0.0869 e. The molecule has 2 heteroatoms. The van der Waals surface area contributed by atoms with Crippen LogP contribution in [0.5, 0.6) is 0 Å². The highest BCUT2D eigenvalue weighted by molar-refractivity contribution is 14.1. The summed E-state index contributed by atoms with van der Waals surface area (Å²) in [6, 6.07) is 7.68. The van der Waals surface area contributed by atoms with Gasteiger partial charge in [-0.1, -0.05) is 12.1 Å². The summed E-state index contributed by atoms with van der Waals surface area (Å²) in [5.74, 6) is 0. The number of rotatable bonds is 1. The molecule has 0 spiro atoms. The number of hydrogen-bond acceptors (Lipinski definition) is 1. The summed E-state index contributed by atoms with van der Waals surface area (Å²) in [5, 5.41) is 9.47. The van der Waals surface area contributed by atoms with Crippen molar-refractivity contribution in [3.05, 3.63) is 40.3 Å². The minimum atomic E-state index is -0.968. The molecule has 1 unspecified atom stereocenters. The fourth-order valence-electron chi connectivity index (χ4n) is 0.809. The normalized spacial score (nSPS) is 11.6. The molecule has 0 saturated heterocycles. The molecular formula is C9H10IO. The van der Waals surface area contributed by atoms with E-state index < -0.39 is 5.60 Å². The maximum atomic E-state index is 9.47. The van der Waals surface area contributed by atoms with Gasteiger partial charge in [-0.2, -0.15) is 0 Å². The second-order valence-electron chi connectivity index (χ2n) is 2.78. The Hall–Kier alpha value is -0.0900. The summed E-state index contributed by atoms with van der Waals surface area (Å²) >= 11 is 2.22. The minimum Gasteiger partial charge on any atom is -0.385 e. The average molecular weight is 261 g/mol. The van der Waals surface area contributed by atoms with Crippen molar-refractivity contribution >= 4 is 22.6 Å². The summed E-state index contributed by atoms with van der Waals surface area (Å²) < 4.78 is 1.16. The molecule has 0 aliphatic rings. The number of aliphatic hydroxyl groups is 1. The van der Waals surface area contributed by atoms with Gasteiger partial charge >= 0.3 is 0 Å². The molecule has 1 rings (SSSR count). The molecule has 1 atom stereocenters. The maximum absolute atomic E-state index is 9.47. The maximum Gasteiger partial charge on any atom is 0.0869 e. The van der Waals surface area contributed by atoms with Crippen molar-refractivity contribution in [2.24, 2.45) is 0 Å². The van der Waals surface area contributed by atoms with Crippen LogP contribution in [-0.2, 0) is 5.60 Å². The summed E-state index contributed by atoms with van der Waals surface area (Å²) in [6.07, 6.45) is 0. The third-order valence-electron chi connectivity index (χ3n) is 1.47.